The number of halogens is 1. The zero-order valence-electron chi connectivity index (χ0n) is 15.4. The largest absolute Gasteiger partial charge is 0.495 e. The van der Waals surface area contributed by atoms with E-state index in [1.165, 1.54) is 0 Å². The molecule has 0 aliphatic heterocycles. The van der Waals surface area contributed by atoms with Crippen molar-refractivity contribution in [3.8, 4) is 11.5 Å². The van der Waals surface area contributed by atoms with Crippen LogP contribution in [0.15, 0.2) is 48.5 Å². The van der Waals surface area contributed by atoms with Crippen LogP contribution < -0.4 is 20.1 Å². The van der Waals surface area contributed by atoms with Crippen LogP contribution in [0.5, 0.6) is 11.5 Å². The highest BCUT2D eigenvalue weighted by molar-refractivity contribution is 6.31. The van der Waals surface area contributed by atoms with Crippen LogP contribution in [0.1, 0.15) is 12.6 Å². The Morgan fingerprint density at radius 1 is 1.00 bits per heavy atom. The summed E-state index contributed by atoms with van der Waals surface area (Å²) in [6.07, 6.45) is 0. The first-order chi connectivity index (χ1) is 13.1. The van der Waals surface area contributed by atoms with Crippen molar-refractivity contribution in [2.24, 2.45) is 0 Å². The highest BCUT2D eigenvalue weighted by atomic mass is 35.5. The molecule has 0 saturated carbocycles. The summed E-state index contributed by atoms with van der Waals surface area (Å²) in [5, 5.41) is 7.04. The Bertz CT molecular complexity index is 916. The Hall–Kier alpha value is -2.99. The average Bonchev–Trinajstić information content (AvgIpc) is 2.63. The van der Waals surface area contributed by atoms with Gasteiger partial charge >= 0.3 is 0 Å². The Morgan fingerprint density at radius 3 is 2.48 bits per heavy atom. The number of nitrogens with zero attached hydrogens (tertiary/aromatic N) is 2. The van der Waals surface area contributed by atoms with Crippen LogP contribution in [0, 0.1) is 6.92 Å². The molecule has 0 saturated heterocycles. The van der Waals surface area contributed by atoms with Gasteiger partial charge in [0.1, 0.15) is 17.3 Å². The molecular formula is C20H21ClN4O2. The first-order valence-electron chi connectivity index (χ1n) is 8.53. The summed E-state index contributed by atoms with van der Waals surface area (Å²) >= 11 is 6.09. The van der Waals surface area contributed by atoms with Crippen molar-refractivity contribution in [2.75, 3.05) is 24.4 Å². The molecule has 2 N–H and O–H groups in total. The van der Waals surface area contributed by atoms with E-state index in [1.807, 2.05) is 44.2 Å². The number of benzene rings is 2. The summed E-state index contributed by atoms with van der Waals surface area (Å²) in [6.45, 7) is 4.50. The number of aromatic nitrogens is 2. The number of anilines is 4. The molecule has 6 nitrogen and oxygen atoms in total. The van der Waals surface area contributed by atoms with E-state index < -0.39 is 0 Å². The van der Waals surface area contributed by atoms with Gasteiger partial charge in [-0.3, -0.25) is 0 Å². The van der Waals surface area contributed by atoms with Crippen molar-refractivity contribution >= 4 is 34.7 Å². The second kappa shape index (κ2) is 8.60. The van der Waals surface area contributed by atoms with Crippen LogP contribution in [-0.4, -0.2) is 23.7 Å². The number of ether oxygens (including phenoxy) is 2. The topological polar surface area (TPSA) is 68.3 Å². The van der Waals surface area contributed by atoms with Gasteiger partial charge in [-0.25, -0.2) is 4.98 Å². The van der Waals surface area contributed by atoms with Crippen molar-refractivity contribution in [2.45, 2.75) is 13.8 Å². The van der Waals surface area contributed by atoms with Gasteiger partial charge in [-0.05, 0) is 56.3 Å². The third kappa shape index (κ3) is 5.01. The molecule has 1 heterocycles. The van der Waals surface area contributed by atoms with Crippen LogP contribution >= 0.6 is 11.6 Å². The lowest BCUT2D eigenvalue weighted by atomic mass is 10.3. The van der Waals surface area contributed by atoms with E-state index in [4.69, 9.17) is 21.1 Å². The lowest BCUT2D eigenvalue weighted by Crippen LogP contribution is -2.03. The number of hydrogen-bond acceptors (Lipinski definition) is 6. The van der Waals surface area contributed by atoms with Crippen molar-refractivity contribution in [1.29, 1.82) is 0 Å². The quantitative estimate of drug-likeness (QED) is 0.573. The first kappa shape index (κ1) is 18.8. The molecule has 3 aromatic rings. The zero-order valence-corrected chi connectivity index (χ0v) is 16.2. The van der Waals surface area contributed by atoms with Gasteiger partial charge in [0, 0.05) is 22.5 Å². The second-order valence-electron chi connectivity index (χ2n) is 5.77. The monoisotopic (exact) mass is 384 g/mol. The van der Waals surface area contributed by atoms with Crippen LogP contribution in [0.3, 0.4) is 0 Å². The predicted octanol–water partition coefficient (Wildman–Crippen LogP) is 5.33. The minimum atomic E-state index is 0.448. The molecule has 0 amide bonds. The highest BCUT2D eigenvalue weighted by Gasteiger charge is 2.08. The standard InChI is InChI=1S/C20H21ClN4O2/c1-4-27-16-8-6-15(7-9-16)23-19-11-13(2)22-20(25-19)24-17-12-14(21)5-10-18(17)26-3/h5-12H,4H2,1-3H3,(H2,22,23,24,25). The van der Waals surface area contributed by atoms with Crippen LogP contribution in [0.25, 0.3) is 0 Å². The van der Waals surface area contributed by atoms with Gasteiger partial charge in [0.2, 0.25) is 5.95 Å². The fraction of sp³-hybridized carbons (Fsp3) is 0.200. The fourth-order valence-electron chi connectivity index (χ4n) is 2.54. The van der Waals surface area contributed by atoms with Crippen LogP contribution in [0.2, 0.25) is 5.02 Å². The van der Waals surface area contributed by atoms with E-state index in [-0.39, 0.29) is 0 Å². The lowest BCUT2D eigenvalue weighted by Gasteiger charge is -2.13. The predicted molar refractivity (Wildman–Crippen MR) is 109 cm³/mol. The maximum Gasteiger partial charge on any atom is 0.229 e. The number of hydrogen-bond donors (Lipinski definition) is 2. The van der Waals surface area contributed by atoms with Crippen molar-refractivity contribution in [1.82, 2.24) is 9.97 Å². The molecule has 27 heavy (non-hydrogen) atoms. The molecule has 0 aliphatic carbocycles. The zero-order chi connectivity index (χ0) is 19.2. The van der Waals surface area contributed by atoms with Crippen molar-refractivity contribution < 1.29 is 9.47 Å². The molecule has 3 rings (SSSR count). The molecule has 0 aliphatic rings. The first-order valence-corrected chi connectivity index (χ1v) is 8.91. The van der Waals surface area contributed by atoms with E-state index >= 15 is 0 Å². The summed E-state index contributed by atoms with van der Waals surface area (Å²) in [4.78, 5) is 8.96. The van der Waals surface area contributed by atoms with Gasteiger partial charge in [0.05, 0.1) is 19.4 Å². The van der Waals surface area contributed by atoms with Gasteiger partial charge in [-0.1, -0.05) is 11.6 Å². The van der Waals surface area contributed by atoms with Gasteiger partial charge in [-0.2, -0.15) is 4.98 Å². The number of rotatable bonds is 7. The number of methoxy groups -OCH3 is 1. The smallest absolute Gasteiger partial charge is 0.229 e. The molecule has 7 heteroatoms. The molecule has 0 spiro atoms. The third-order valence-electron chi connectivity index (χ3n) is 3.70. The Labute approximate surface area is 163 Å². The molecule has 0 bridgehead atoms. The second-order valence-corrected chi connectivity index (χ2v) is 6.21. The molecular weight excluding hydrogens is 364 g/mol. The summed E-state index contributed by atoms with van der Waals surface area (Å²) < 4.78 is 10.8. The Kier molecular flexibility index (Phi) is 5.98. The van der Waals surface area contributed by atoms with E-state index in [2.05, 4.69) is 20.6 Å². The van der Waals surface area contributed by atoms with Crippen LogP contribution in [-0.2, 0) is 0 Å². The SMILES string of the molecule is CCOc1ccc(Nc2cc(C)nc(Nc3cc(Cl)ccc3OC)n2)cc1. The molecule has 140 valence electrons. The summed E-state index contributed by atoms with van der Waals surface area (Å²) in [5.41, 5.74) is 2.42. The maximum atomic E-state index is 6.09. The molecule has 1 aromatic heterocycles. The van der Waals surface area contributed by atoms with Crippen LogP contribution in [0.4, 0.5) is 23.1 Å². The Balaban J connectivity index is 1.81. The average molecular weight is 385 g/mol. The minimum Gasteiger partial charge on any atom is -0.495 e. The van der Waals surface area contributed by atoms with Gasteiger partial charge < -0.3 is 20.1 Å². The number of aryl methyl sites for hydroxylation is 1. The summed E-state index contributed by atoms with van der Waals surface area (Å²) in [6, 6.07) is 14.9. The molecule has 0 unspecified atom stereocenters. The maximum absolute atomic E-state index is 6.09. The highest BCUT2D eigenvalue weighted by Crippen LogP contribution is 2.30. The lowest BCUT2D eigenvalue weighted by molar-refractivity contribution is 0.340. The third-order valence-corrected chi connectivity index (χ3v) is 3.94. The van der Waals surface area contributed by atoms with E-state index in [0.717, 1.165) is 17.1 Å². The van der Waals surface area contributed by atoms with E-state index in [9.17, 15) is 0 Å². The van der Waals surface area contributed by atoms with E-state index in [0.29, 0.717) is 34.8 Å². The Morgan fingerprint density at radius 2 is 1.78 bits per heavy atom. The van der Waals surface area contributed by atoms with Crippen molar-refractivity contribution in [3.63, 3.8) is 0 Å². The molecule has 0 atom stereocenters. The van der Waals surface area contributed by atoms with Crippen molar-refractivity contribution in [3.05, 3.63) is 59.2 Å². The molecule has 2 aromatic carbocycles. The molecule has 0 fully saturated rings. The van der Waals surface area contributed by atoms with Gasteiger partial charge in [0.25, 0.3) is 0 Å². The fourth-order valence-corrected chi connectivity index (χ4v) is 2.71. The van der Waals surface area contributed by atoms with Gasteiger partial charge in [-0.15, -0.1) is 0 Å². The van der Waals surface area contributed by atoms with Gasteiger partial charge in [0.15, 0.2) is 0 Å². The summed E-state index contributed by atoms with van der Waals surface area (Å²) in [5.74, 6) is 2.61. The number of nitrogens with one attached hydrogen (secondary N) is 2. The minimum absolute atomic E-state index is 0.448. The normalized spacial score (nSPS) is 10.4. The molecule has 0 radical (unpaired) electrons. The van der Waals surface area contributed by atoms with E-state index in [1.54, 1.807) is 25.3 Å². The summed E-state index contributed by atoms with van der Waals surface area (Å²) in [7, 11) is 1.60.